The number of methoxy groups -OCH3 is 1. The highest BCUT2D eigenvalue weighted by molar-refractivity contribution is 6.00. The van der Waals surface area contributed by atoms with Gasteiger partial charge in [0.05, 0.1) is 42.9 Å². The Morgan fingerprint density at radius 3 is 2.53 bits per heavy atom. The van der Waals surface area contributed by atoms with Gasteiger partial charge in [-0.3, -0.25) is 19.2 Å². The van der Waals surface area contributed by atoms with E-state index in [0.29, 0.717) is 61.7 Å². The Morgan fingerprint density at radius 2 is 1.88 bits per heavy atom. The van der Waals surface area contributed by atoms with Crippen LogP contribution >= 0.6 is 0 Å². The summed E-state index contributed by atoms with van der Waals surface area (Å²) < 4.78 is 29.8. The molecule has 0 aliphatic heterocycles. The van der Waals surface area contributed by atoms with Gasteiger partial charge < -0.3 is 30.9 Å². The molecule has 5 N–H and O–H groups in total. The van der Waals surface area contributed by atoms with Crippen LogP contribution in [0.1, 0.15) is 54.1 Å². The normalized spacial score (nSPS) is 15.6. The molecule has 1 aromatic carbocycles. The molecule has 1 aliphatic rings. The Morgan fingerprint density at radius 1 is 1.14 bits per heavy atom. The summed E-state index contributed by atoms with van der Waals surface area (Å²) >= 11 is 0. The Balaban J connectivity index is 1.58. The largest absolute Gasteiger partial charge is 0.494 e. The molecule has 1 fully saturated rings. The Hall–Kier alpha value is -4.07. The van der Waals surface area contributed by atoms with Crippen molar-refractivity contribution in [2.75, 3.05) is 44.4 Å². The van der Waals surface area contributed by atoms with Crippen LogP contribution in [0.15, 0.2) is 36.5 Å². The third-order valence-corrected chi connectivity index (χ3v) is 7.25. The second kappa shape index (κ2) is 14.9. The summed E-state index contributed by atoms with van der Waals surface area (Å²) in [5.41, 5.74) is 1.50. The lowest BCUT2D eigenvalue weighted by Gasteiger charge is -2.26. The topological polar surface area (TPSA) is 167 Å². The maximum absolute atomic E-state index is 12.9. The minimum atomic E-state index is -2.76. The van der Waals surface area contributed by atoms with Gasteiger partial charge in [-0.1, -0.05) is 19.9 Å². The number of nitrogens with one attached hydrogen (secondary N) is 3. The predicted octanol–water partition coefficient (Wildman–Crippen LogP) is 2.64. The number of anilines is 3. The number of carbonyl (C=O) groups excluding carboxylic acids is 2. The van der Waals surface area contributed by atoms with Crippen LogP contribution in [-0.2, 0) is 11.3 Å². The number of aliphatic hydroxyl groups is 2. The zero-order valence-corrected chi connectivity index (χ0v) is 24.7. The van der Waals surface area contributed by atoms with Gasteiger partial charge in [0.25, 0.3) is 5.91 Å². The van der Waals surface area contributed by atoms with Gasteiger partial charge in [0.2, 0.25) is 5.91 Å². The zero-order valence-electron chi connectivity index (χ0n) is 27.7. The van der Waals surface area contributed by atoms with Crippen molar-refractivity contribution in [3.05, 3.63) is 42.2 Å². The van der Waals surface area contributed by atoms with E-state index in [1.807, 2.05) is 42.4 Å². The highest BCUT2D eigenvalue weighted by atomic mass is 16.5. The van der Waals surface area contributed by atoms with Crippen molar-refractivity contribution in [1.29, 1.82) is 0 Å². The Kier molecular flexibility index (Phi) is 9.61. The number of rotatable bonds is 16. The van der Waals surface area contributed by atoms with Crippen LogP contribution in [0.25, 0.3) is 11.3 Å². The predicted molar refractivity (Wildman–Crippen MR) is 163 cm³/mol. The van der Waals surface area contributed by atoms with Crippen molar-refractivity contribution >= 4 is 29.0 Å². The second-order valence-corrected chi connectivity index (χ2v) is 10.6. The molecule has 1 aliphatic carbocycles. The summed E-state index contributed by atoms with van der Waals surface area (Å²) in [5.74, 6) is -0.779. The van der Waals surface area contributed by atoms with Gasteiger partial charge in [0.15, 0.2) is 17.3 Å². The number of ether oxygens (including phenoxy) is 1. The number of para-hydroxylation sites is 1. The van der Waals surface area contributed by atoms with Gasteiger partial charge >= 0.3 is 0 Å². The molecule has 0 bridgehead atoms. The average Bonchev–Trinajstić information content (AvgIpc) is 3.76. The molecule has 43 heavy (non-hydrogen) atoms. The lowest BCUT2D eigenvalue weighted by Crippen LogP contribution is -2.39. The molecule has 0 spiro atoms. The summed E-state index contributed by atoms with van der Waals surface area (Å²) in [6, 6.07) is 8.56. The average molecular weight is 598 g/mol. The van der Waals surface area contributed by atoms with Gasteiger partial charge in [-0.05, 0) is 43.9 Å². The van der Waals surface area contributed by atoms with E-state index in [2.05, 4.69) is 20.8 Å². The molecule has 2 aromatic heterocycles. The molecule has 3 aromatic rings. The number of hydrogen-bond acceptors (Lipinski definition) is 10. The lowest BCUT2D eigenvalue weighted by molar-refractivity contribution is -0.117. The highest BCUT2D eigenvalue weighted by Crippen LogP contribution is 2.38. The van der Waals surface area contributed by atoms with E-state index in [1.54, 1.807) is 16.8 Å². The van der Waals surface area contributed by atoms with E-state index in [1.165, 1.54) is 13.2 Å². The number of amides is 2. The summed E-state index contributed by atoms with van der Waals surface area (Å²) in [4.78, 5) is 27.2. The number of hydrogen-bond donors (Lipinski definition) is 5. The fourth-order valence-corrected chi connectivity index (χ4v) is 4.54. The van der Waals surface area contributed by atoms with Crippen molar-refractivity contribution in [3.63, 3.8) is 0 Å². The standard InChI is InChI=1S/C30H42N8O5/c1-5-20(39)17-37(18-21(40)6-2)14-15-38-13-12-23(36-38)22-8-7-9-24(28(22)43-4)32-25-16-26(33-29(41)19-10-11-19)34-35-27(25)30(42)31-3/h7-9,12-13,16,19-21,39-40H,5-6,10-11,14-15,17-18H2,1-4H3,(H,31,42)(H2,32,33,34,41)/t20-,21+/i3D3. The Labute approximate surface area is 255 Å². The van der Waals surface area contributed by atoms with Crippen LogP contribution in [0.5, 0.6) is 5.75 Å². The van der Waals surface area contributed by atoms with Crippen LogP contribution < -0.4 is 20.7 Å². The maximum atomic E-state index is 12.9. The first-order valence-electron chi connectivity index (χ1n) is 16.0. The summed E-state index contributed by atoms with van der Waals surface area (Å²) in [5, 5.41) is 40.7. The van der Waals surface area contributed by atoms with Crippen LogP contribution in [0.2, 0.25) is 0 Å². The molecule has 2 heterocycles. The molecule has 0 unspecified atom stereocenters. The van der Waals surface area contributed by atoms with Gasteiger partial charge in [-0.15, -0.1) is 10.2 Å². The van der Waals surface area contributed by atoms with E-state index < -0.39 is 25.1 Å². The quantitative estimate of drug-likeness (QED) is 0.166. The first-order chi connectivity index (χ1) is 21.9. The fourth-order valence-electron chi connectivity index (χ4n) is 4.54. The maximum Gasteiger partial charge on any atom is 0.273 e. The minimum absolute atomic E-state index is 0.0951. The second-order valence-electron chi connectivity index (χ2n) is 10.6. The molecule has 2 amide bonds. The molecular formula is C30H42N8O5. The minimum Gasteiger partial charge on any atom is -0.494 e. The van der Waals surface area contributed by atoms with Crippen LogP contribution in [0.4, 0.5) is 17.2 Å². The molecule has 13 nitrogen and oxygen atoms in total. The van der Waals surface area contributed by atoms with Crippen LogP contribution in [0, 0.1) is 5.92 Å². The van der Waals surface area contributed by atoms with E-state index in [9.17, 15) is 19.8 Å². The molecule has 4 rings (SSSR count). The monoisotopic (exact) mass is 597 g/mol. The van der Waals surface area contributed by atoms with Crippen molar-refractivity contribution in [2.45, 2.75) is 58.3 Å². The first-order valence-corrected chi connectivity index (χ1v) is 14.5. The van der Waals surface area contributed by atoms with E-state index in [0.717, 1.165) is 12.8 Å². The lowest BCUT2D eigenvalue weighted by atomic mass is 10.1. The fraction of sp³-hybridized carbons (Fsp3) is 0.500. The summed E-state index contributed by atoms with van der Waals surface area (Å²) in [6.07, 6.45) is 3.66. The molecule has 1 saturated carbocycles. The summed E-state index contributed by atoms with van der Waals surface area (Å²) in [6.45, 7) is 3.07. The molecular weight excluding hydrogens is 552 g/mol. The highest BCUT2D eigenvalue weighted by Gasteiger charge is 2.30. The van der Waals surface area contributed by atoms with Gasteiger partial charge in [0.1, 0.15) is 0 Å². The number of aromatic nitrogens is 4. The molecule has 13 heteroatoms. The number of aliphatic hydroxyl groups excluding tert-OH is 2. The van der Waals surface area contributed by atoms with Crippen LogP contribution in [0.3, 0.4) is 0 Å². The molecule has 232 valence electrons. The third kappa shape index (κ3) is 8.49. The third-order valence-electron chi connectivity index (χ3n) is 7.25. The molecule has 2 atom stereocenters. The first kappa shape index (κ1) is 27.7. The van der Waals surface area contributed by atoms with Gasteiger partial charge in [-0.25, -0.2) is 0 Å². The van der Waals surface area contributed by atoms with E-state index in [4.69, 9.17) is 13.9 Å². The van der Waals surface area contributed by atoms with E-state index >= 15 is 0 Å². The Bertz CT molecular complexity index is 1490. The van der Waals surface area contributed by atoms with Crippen molar-refractivity contribution in [2.24, 2.45) is 5.92 Å². The smallest absolute Gasteiger partial charge is 0.273 e. The van der Waals surface area contributed by atoms with Crippen molar-refractivity contribution < 1.29 is 28.7 Å². The molecule has 0 saturated heterocycles. The number of carbonyl (C=O) groups is 2. The SMILES string of the molecule is [2H]C([2H])([2H])NC(=O)c1nnc(NC(=O)C2CC2)cc1Nc1cccc(-c2ccn(CCN(C[C@H](O)CC)C[C@@H](O)CC)n2)c1OC. The van der Waals surface area contributed by atoms with Crippen molar-refractivity contribution in [3.8, 4) is 17.0 Å². The molecule has 0 radical (unpaired) electrons. The van der Waals surface area contributed by atoms with Gasteiger partial charge in [-0.2, -0.15) is 5.10 Å². The van der Waals surface area contributed by atoms with E-state index in [-0.39, 0.29) is 29.0 Å². The number of nitrogens with zero attached hydrogens (tertiary/aromatic N) is 5. The summed E-state index contributed by atoms with van der Waals surface area (Å²) in [7, 11) is 1.49. The van der Waals surface area contributed by atoms with Gasteiger partial charge in [0, 0.05) is 54.5 Å². The van der Waals surface area contributed by atoms with Crippen LogP contribution in [-0.4, -0.2) is 92.8 Å². The zero-order chi connectivity index (χ0) is 33.4. The van der Waals surface area contributed by atoms with Crippen molar-refractivity contribution in [1.82, 2.24) is 30.2 Å². The number of benzene rings is 1.